The van der Waals surface area contributed by atoms with Gasteiger partial charge >= 0.3 is 0 Å². The van der Waals surface area contributed by atoms with Crippen LogP contribution in [-0.2, 0) is 4.74 Å². The smallest absolute Gasteiger partial charge is 0.260 e. The largest absolute Gasteiger partial charge is 0.501 e. The number of nitrogens with two attached hydrogens (primary N) is 1. The third kappa shape index (κ3) is 5.99. The van der Waals surface area contributed by atoms with Crippen molar-refractivity contribution in [2.24, 2.45) is 21.9 Å². The summed E-state index contributed by atoms with van der Waals surface area (Å²) < 4.78 is 32.4. The fraction of sp³-hybridized carbons (Fsp3) is 0.565. The minimum atomic E-state index is -2.48. The zero-order chi connectivity index (χ0) is 22.2. The van der Waals surface area contributed by atoms with Gasteiger partial charge in [-0.05, 0) is 55.9 Å². The molecule has 170 valence electrons. The van der Waals surface area contributed by atoms with Crippen LogP contribution in [0.1, 0.15) is 44.9 Å². The van der Waals surface area contributed by atoms with E-state index in [1.165, 1.54) is 23.4 Å². The van der Waals surface area contributed by atoms with E-state index in [0.717, 1.165) is 56.5 Å². The third-order valence-corrected chi connectivity index (χ3v) is 7.12. The Kier molecular flexibility index (Phi) is 8.75. The molecule has 0 radical (unpaired) electrons. The first kappa shape index (κ1) is 23.6. The molecule has 2 N–H and O–H groups in total. The van der Waals surface area contributed by atoms with Crippen LogP contribution in [0.15, 0.2) is 57.5 Å². The summed E-state index contributed by atoms with van der Waals surface area (Å²) in [6, 6.07) is -0.294. The summed E-state index contributed by atoms with van der Waals surface area (Å²) in [5.41, 5.74) is 2.24. The van der Waals surface area contributed by atoms with Crippen molar-refractivity contribution in [3.63, 3.8) is 0 Å². The Morgan fingerprint density at radius 3 is 2.90 bits per heavy atom. The number of rotatable bonds is 7. The molecule has 1 aliphatic heterocycles. The molecule has 1 heterocycles. The molecule has 0 aromatic carbocycles. The van der Waals surface area contributed by atoms with Gasteiger partial charge in [-0.25, -0.2) is 8.78 Å². The third-order valence-electron chi connectivity index (χ3n) is 6.07. The van der Waals surface area contributed by atoms with Crippen molar-refractivity contribution >= 4 is 23.1 Å². The lowest BCUT2D eigenvalue weighted by Crippen LogP contribution is -2.41. The fourth-order valence-electron chi connectivity index (χ4n) is 4.30. The standard InChI is InChI=1S/C23H32F2N4OS/c1-16(17-10-12-27-13-11-17)29(20-8-5-7-18(14-20)22(24)25)23(28-26)31-15-19-6-3-4-9-21(19)30-2/h5,7-8,12,17,20,22H,1,3-4,6,9-11,13-15,26H2,2H3/b28-23+. The average molecular weight is 451 g/mol. The lowest BCUT2D eigenvalue weighted by molar-refractivity contribution is 0.180. The monoisotopic (exact) mass is 450 g/mol. The van der Waals surface area contributed by atoms with Crippen molar-refractivity contribution < 1.29 is 13.5 Å². The lowest BCUT2D eigenvalue weighted by Gasteiger charge is -2.38. The van der Waals surface area contributed by atoms with Crippen LogP contribution in [0.2, 0.25) is 0 Å². The molecule has 0 aromatic rings. The van der Waals surface area contributed by atoms with Crippen molar-refractivity contribution in [3.8, 4) is 0 Å². The summed E-state index contributed by atoms with van der Waals surface area (Å²) >= 11 is 1.53. The van der Waals surface area contributed by atoms with Crippen LogP contribution in [0.4, 0.5) is 8.78 Å². The molecule has 5 nitrogen and oxygen atoms in total. The van der Waals surface area contributed by atoms with E-state index >= 15 is 0 Å². The van der Waals surface area contributed by atoms with E-state index in [9.17, 15) is 8.78 Å². The first-order valence-electron chi connectivity index (χ1n) is 10.8. The second-order valence-corrected chi connectivity index (χ2v) is 8.95. The molecule has 2 atom stereocenters. The zero-order valence-corrected chi connectivity index (χ0v) is 18.9. The Bertz CT molecular complexity index is 803. The van der Waals surface area contributed by atoms with Crippen LogP contribution in [-0.4, -0.2) is 48.2 Å². The highest BCUT2D eigenvalue weighted by atomic mass is 32.2. The topological polar surface area (TPSA) is 63.2 Å². The predicted octanol–water partition coefficient (Wildman–Crippen LogP) is 5.24. The maximum Gasteiger partial charge on any atom is 0.260 e. The summed E-state index contributed by atoms with van der Waals surface area (Å²) in [6.07, 6.45) is 10.7. The van der Waals surface area contributed by atoms with Crippen LogP contribution in [0.25, 0.3) is 0 Å². The van der Waals surface area contributed by atoms with Gasteiger partial charge in [-0.1, -0.05) is 36.6 Å². The molecule has 2 aliphatic carbocycles. The molecule has 2 unspecified atom stereocenters. The molecular weight excluding hydrogens is 418 g/mol. The second-order valence-electron chi connectivity index (χ2n) is 8.01. The number of hydrogen-bond donors (Lipinski definition) is 1. The molecule has 0 saturated carbocycles. The predicted molar refractivity (Wildman–Crippen MR) is 125 cm³/mol. The number of halogens is 2. The fourth-order valence-corrected chi connectivity index (χ4v) is 5.38. The summed E-state index contributed by atoms with van der Waals surface area (Å²) in [4.78, 5) is 6.28. The van der Waals surface area contributed by atoms with Crippen LogP contribution >= 0.6 is 11.8 Å². The second kappa shape index (κ2) is 11.5. The molecule has 0 bridgehead atoms. The van der Waals surface area contributed by atoms with Gasteiger partial charge in [-0.2, -0.15) is 5.10 Å². The first-order chi connectivity index (χ1) is 15.0. The summed E-state index contributed by atoms with van der Waals surface area (Å²) in [5.74, 6) is 7.79. The van der Waals surface area contributed by atoms with Gasteiger partial charge in [0.25, 0.3) is 6.43 Å². The molecule has 31 heavy (non-hydrogen) atoms. The van der Waals surface area contributed by atoms with Crippen molar-refractivity contribution in [1.29, 1.82) is 0 Å². The van der Waals surface area contributed by atoms with E-state index in [1.54, 1.807) is 13.2 Å². The van der Waals surface area contributed by atoms with E-state index in [1.807, 2.05) is 17.2 Å². The summed E-state index contributed by atoms with van der Waals surface area (Å²) in [6.45, 7) is 5.10. The number of nitrogens with zero attached hydrogens (tertiary/aromatic N) is 3. The molecule has 3 aliphatic rings. The van der Waals surface area contributed by atoms with Gasteiger partial charge in [-0.15, -0.1) is 0 Å². The number of alkyl halides is 2. The molecule has 0 saturated heterocycles. The normalized spacial score (nSPS) is 24.4. The maximum absolute atomic E-state index is 13.4. The first-order valence-corrected chi connectivity index (χ1v) is 11.8. The SMILES string of the molecule is C=C(C1CC=NCC1)N(/C(=N\N)SCC1=C(OC)CCCC1)C1C=CC=C(C(F)F)C1. The molecule has 0 aromatic heterocycles. The van der Waals surface area contributed by atoms with E-state index in [4.69, 9.17) is 10.6 Å². The number of allylic oxidation sites excluding steroid dienone is 4. The highest BCUT2D eigenvalue weighted by Crippen LogP contribution is 2.34. The number of aliphatic imine (C=N–C) groups is 1. The van der Waals surface area contributed by atoms with Crippen molar-refractivity contribution in [2.45, 2.75) is 57.4 Å². The minimum Gasteiger partial charge on any atom is -0.501 e. The van der Waals surface area contributed by atoms with Gasteiger partial charge < -0.3 is 15.5 Å². The highest BCUT2D eigenvalue weighted by molar-refractivity contribution is 8.13. The maximum atomic E-state index is 13.4. The Hall–Kier alpha value is -2.09. The van der Waals surface area contributed by atoms with Gasteiger partial charge in [0.1, 0.15) is 0 Å². The number of ether oxygens (including phenoxy) is 1. The Balaban J connectivity index is 1.82. The van der Waals surface area contributed by atoms with E-state index < -0.39 is 6.43 Å². The van der Waals surface area contributed by atoms with E-state index in [-0.39, 0.29) is 24.0 Å². The van der Waals surface area contributed by atoms with E-state index in [2.05, 4.69) is 16.7 Å². The van der Waals surface area contributed by atoms with E-state index in [0.29, 0.717) is 10.9 Å². The van der Waals surface area contributed by atoms with Crippen molar-refractivity contribution in [3.05, 3.63) is 47.4 Å². The molecule has 8 heteroatoms. The number of thioether (sulfide) groups is 1. The van der Waals surface area contributed by atoms with Crippen LogP contribution < -0.4 is 5.84 Å². The van der Waals surface area contributed by atoms with Gasteiger partial charge in [0.15, 0.2) is 5.17 Å². The summed E-state index contributed by atoms with van der Waals surface area (Å²) in [7, 11) is 1.72. The van der Waals surface area contributed by atoms with Crippen LogP contribution in [0.3, 0.4) is 0 Å². The average Bonchev–Trinajstić information content (AvgIpc) is 2.82. The van der Waals surface area contributed by atoms with Crippen molar-refractivity contribution in [2.75, 3.05) is 19.4 Å². The summed E-state index contributed by atoms with van der Waals surface area (Å²) in [5, 5.41) is 4.69. The van der Waals surface area contributed by atoms with Crippen LogP contribution in [0, 0.1) is 5.92 Å². The number of hydrazone groups is 1. The van der Waals surface area contributed by atoms with Crippen molar-refractivity contribution in [1.82, 2.24) is 4.90 Å². The number of amidine groups is 1. The molecule has 0 amide bonds. The van der Waals surface area contributed by atoms with Gasteiger partial charge in [0.05, 0.1) is 18.9 Å². The molecule has 0 spiro atoms. The molecule has 0 fully saturated rings. The number of methoxy groups -OCH3 is 1. The molecule has 3 rings (SSSR count). The minimum absolute atomic E-state index is 0.119. The quantitative estimate of drug-likeness (QED) is 0.249. The molecular formula is C23H32F2N4OS. The zero-order valence-electron chi connectivity index (χ0n) is 18.1. The Labute approximate surface area is 187 Å². The highest BCUT2D eigenvalue weighted by Gasteiger charge is 2.31. The number of hydrogen-bond acceptors (Lipinski definition) is 5. The van der Waals surface area contributed by atoms with Crippen LogP contribution in [0.5, 0.6) is 0 Å². The lowest BCUT2D eigenvalue weighted by atomic mass is 9.93. The Morgan fingerprint density at radius 1 is 1.42 bits per heavy atom. The van der Waals surface area contributed by atoms with Gasteiger partial charge in [0, 0.05) is 30.3 Å². The van der Waals surface area contributed by atoms with Gasteiger partial charge in [0.2, 0.25) is 0 Å². The Morgan fingerprint density at radius 2 is 2.23 bits per heavy atom. The van der Waals surface area contributed by atoms with Gasteiger partial charge in [-0.3, -0.25) is 4.99 Å².